The summed E-state index contributed by atoms with van der Waals surface area (Å²) in [7, 11) is 0. The van der Waals surface area contributed by atoms with E-state index in [9.17, 15) is 4.39 Å². The SMILES string of the molecule is CCSc1c(-c2ccc(F)cc2)oc2cc3c(cc12)OCO3. The molecule has 0 fully saturated rings. The second-order valence-corrected chi connectivity index (χ2v) is 6.18. The van der Waals surface area contributed by atoms with E-state index < -0.39 is 0 Å². The molecule has 0 bridgehead atoms. The van der Waals surface area contributed by atoms with Gasteiger partial charge in [-0.2, -0.15) is 0 Å². The maximum atomic E-state index is 13.1. The molecule has 5 heteroatoms. The zero-order valence-electron chi connectivity index (χ0n) is 11.9. The van der Waals surface area contributed by atoms with E-state index in [1.54, 1.807) is 23.9 Å². The molecule has 1 aliphatic rings. The summed E-state index contributed by atoms with van der Waals surface area (Å²) in [5.74, 6) is 2.84. The predicted octanol–water partition coefficient (Wildman–Crippen LogP) is 5.08. The highest BCUT2D eigenvalue weighted by Crippen LogP contribution is 2.45. The van der Waals surface area contributed by atoms with Crippen molar-refractivity contribution in [2.75, 3.05) is 12.5 Å². The molecule has 3 nitrogen and oxygen atoms in total. The monoisotopic (exact) mass is 316 g/mol. The van der Waals surface area contributed by atoms with E-state index in [4.69, 9.17) is 13.9 Å². The Balaban J connectivity index is 1.93. The van der Waals surface area contributed by atoms with Crippen LogP contribution in [-0.2, 0) is 0 Å². The van der Waals surface area contributed by atoms with Crippen LogP contribution >= 0.6 is 11.8 Å². The van der Waals surface area contributed by atoms with Crippen LogP contribution in [0.25, 0.3) is 22.3 Å². The second-order valence-electron chi connectivity index (χ2n) is 4.90. The predicted molar refractivity (Wildman–Crippen MR) is 84.1 cm³/mol. The highest BCUT2D eigenvalue weighted by Gasteiger charge is 2.21. The summed E-state index contributed by atoms with van der Waals surface area (Å²) < 4.78 is 30.0. The minimum absolute atomic E-state index is 0.239. The number of rotatable bonds is 3. The molecule has 2 heterocycles. The first-order valence-corrected chi connectivity index (χ1v) is 7.99. The number of hydrogen-bond donors (Lipinski definition) is 0. The van der Waals surface area contributed by atoms with Crippen molar-refractivity contribution in [3.05, 3.63) is 42.2 Å². The molecule has 112 valence electrons. The minimum Gasteiger partial charge on any atom is -0.455 e. The number of fused-ring (bicyclic) bond motifs is 2. The van der Waals surface area contributed by atoms with E-state index >= 15 is 0 Å². The number of halogens is 1. The van der Waals surface area contributed by atoms with Crippen molar-refractivity contribution in [2.45, 2.75) is 11.8 Å². The Morgan fingerprint density at radius 3 is 2.55 bits per heavy atom. The standard InChI is InChI=1S/C17H13FO3S/c1-2-22-17-12-7-14-15(20-9-19-14)8-13(12)21-16(17)10-3-5-11(18)6-4-10/h3-8H,2,9H2,1H3. The first kappa shape index (κ1) is 13.5. The first-order valence-electron chi connectivity index (χ1n) is 7.01. The summed E-state index contributed by atoms with van der Waals surface area (Å²) in [6, 6.07) is 10.1. The van der Waals surface area contributed by atoms with Gasteiger partial charge in [-0.25, -0.2) is 4.39 Å². The van der Waals surface area contributed by atoms with Gasteiger partial charge in [0.05, 0.1) is 4.90 Å². The van der Waals surface area contributed by atoms with E-state index in [1.165, 1.54) is 12.1 Å². The molecule has 0 atom stereocenters. The van der Waals surface area contributed by atoms with Crippen LogP contribution in [0.1, 0.15) is 6.92 Å². The highest BCUT2D eigenvalue weighted by molar-refractivity contribution is 7.99. The minimum atomic E-state index is -0.259. The molecule has 0 saturated heterocycles. The third kappa shape index (κ3) is 2.13. The van der Waals surface area contributed by atoms with Crippen molar-refractivity contribution in [1.82, 2.24) is 0 Å². The maximum absolute atomic E-state index is 13.1. The highest BCUT2D eigenvalue weighted by atomic mass is 32.2. The van der Waals surface area contributed by atoms with Gasteiger partial charge in [0.1, 0.15) is 17.2 Å². The fourth-order valence-corrected chi connectivity index (χ4v) is 3.44. The lowest BCUT2D eigenvalue weighted by Gasteiger charge is -2.02. The van der Waals surface area contributed by atoms with Crippen LogP contribution in [0, 0.1) is 5.82 Å². The molecule has 0 aliphatic carbocycles. The molecule has 0 spiro atoms. The molecule has 0 saturated carbocycles. The third-order valence-corrected chi connectivity index (χ3v) is 4.52. The maximum Gasteiger partial charge on any atom is 0.231 e. The van der Waals surface area contributed by atoms with Crippen molar-refractivity contribution in [3.8, 4) is 22.8 Å². The van der Waals surface area contributed by atoms with Crippen LogP contribution in [0.15, 0.2) is 45.7 Å². The molecule has 0 amide bonds. The summed E-state index contributed by atoms with van der Waals surface area (Å²) in [4.78, 5) is 1.04. The van der Waals surface area contributed by atoms with Crippen molar-refractivity contribution in [2.24, 2.45) is 0 Å². The lowest BCUT2D eigenvalue weighted by molar-refractivity contribution is 0.174. The Labute approximate surface area is 131 Å². The Bertz CT molecular complexity index is 839. The summed E-state index contributed by atoms with van der Waals surface area (Å²) in [5.41, 5.74) is 1.61. The zero-order valence-corrected chi connectivity index (χ0v) is 12.7. The van der Waals surface area contributed by atoms with Crippen molar-refractivity contribution in [1.29, 1.82) is 0 Å². The molecule has 0 N–H and O–H groups in total. The van der Waals surface area contributed by atoms with Gasteiger partial charge in [-0.3, -0.25) is 0 Å². The lowest BCUT2D eigenvalue weighted by atomic mass is 10.1. The molecule has 4 rings (SSSR count). The van der Waals surface area contributed by atoms with Crippen LogP contribution in [-0.4, -0.2) is 12.5 Å². The van der Waals surface area contributed by atoms with Gasteiger partial charge < -0.3 is 13.9 Å². The van der Waals surface area contributed by atoms with Gasteiger partial charge in [-0.15, -0.1) is 11.8 Å². The van der Waals surface area contributed by atoms with E-state index in [0.717, 1.165) is 38.7 Å². The van der Waals surface area contributed by atoms with Crippen LogP contribution in [0.2, 0.25) is 0 Å². The Hall–Kier alpha value is -2.14. The molecule has 2 aromatic carbocycles. The molecular formula is C17H13FO3S. The van der Waals surface area contributed by atoms with Crippen molar-refractivity contribution in [3.63, 3.8) is 0 Å². The lowest BCUT2D eigenvalue weighted by Crippen LogP contribution is -1.92. The molecule has 22 heavy (non-hydrogen) atoms. The Morgan fingerprint density at radius 1 is 1.09 bits per heavy atom. The van der Waals surface area contributed by atoms with Gasteiger partial charge in [-0.1, -0.05) is 6.92 Å². The number of furan rings is 1. The third-order valence-electron chi connectivity index (χ3n) is 3.53. The Morgan fingerprint density at radius 2 is 1.82 bits per heavy atom. The fraction of sp³-hybridized carbons (Fsp3) is 0.176. The van der Waals surface area contributed by atoms with Gasteiger partial charge in [0.2, 0.25) is 6.79 Å². The van der Waals surface area contributed by atoms with Gasteiger partial charge in [-0.05, 0) is 36.1 Å². The number of hydrogen-bond acceptors (Lipinski definition) is 4. The zero-order chi connectivity index (χ0) is 15.1. The number of benzene rings is 2. The Kier molecular flexibility index (Phi) is 3.22. The molecule has 1 aliphatic heterocycles. The van der Waals surface area contributed by atoms with E-state index in [2.05, 4.69) is 6.92 Å². The molecular weight excluding hydrogens is 303 g/mol. The summed E-state index contributed by atoms with van der Waals surface area (Å²) in [6.45, 7) is 2.33. The summed E-state index contributed by atoms with van der Waals surface area (Å²) in [5, 5.41) is 0.996. The molecule has 3 aromatic rings. The van der Waals surface area contributed by atoms with Gasteiger partial charge in [0, 0.05) is 17.0 Å². The number of ether oxygens (including phenoxy) is 2. The topological polar surface area (TPSA) is 31.6 Å². The second kappa shape index (κ2) is 5.25. The van der Waals surface area contributed by atoms with E-state index in [0.29, 0.717) is 5.75 Å². The quantitative estimate of drug-likeness (QED) is 0.631. The van der Waals surface area contributed by atoms with Crippen LogP contribution in [0.5, 0.6) is 11.5 Å². The molecule has 0 unspecified atom stereocenters. The first-order chi connectivity index (χ1) is 10.8. The largest absolute Gasteiger partial charge is 0.455 e. The van der Waals surface area contributed by atoms with Crippen molar-refractivity contribution >= 4 is 22.7 Å². The average Bonchev–Trinajstić information content (AvgIpc) is 3.11. The van der Waals surface area contributed by atoms with Crippen LogP contribution in [0.3, 0.4) is 0 Å². The van der Waals surface area contributed by atoms with Gasteiger partial charge >= 0.3 is 0 Å². The summed E-state index contributed by atoms with van der Waals surface area (Å²) in [6.07, 6.45) is 0. The van der Waals surface area contributed by atoms with E-state index in [1.807, 2.05) is 12.1 Å². The van der Waals surface area contributed by atoms with Crippen LogP contribution < -0.4 is 9.47 Å². The molecule has 0 radical (unpaired) electrons. The fourth-order valence-electron chi connectivity index (χ4n) is 2.54. The van der Waals surface area contributed by atoms with Gasteiger partial charge in [0.25, 0.3) is 0 Å². The number of thioether (sulfide) groups is 1. The normalized spacial score (nSPS) is 13.0. The summed E-state index contributed by atoms with van der Waals surface area (Å²) >= 11 is 1.70. The van der Waals surface area contributed by atoms with Crippen LogP contribution in [0.4, 0.5) is 4.39 Å². The smallest absolute Gasteiger partial charge is 0.231 e. The van der Waals surface area contributed by atoms with E-state index in [-0.39, 0.29) is 12.6 Å². The van der Waals surface area contributed by atoms with Gasteiger partial charge in [0.15, 0.2) is 11.5 Å². The van der Waals surface area contributed by atoms with Crippen molar-refractivity contribution < 1.29 is 18.3 Å². The molecule has 1 aromatic heterocycles. The average molecular weight is 316 g/mol.